The van der Waals surface area contributed by atoms with Gasteiger partial charge in [0.2, 0.25) is 0 Å². The second kappa shape index (κ2) is 6.91. The lowest BCUT2D eigenvalue weighted by Gasteiger charge is -2.22. The highest BCUT2D eigenvalue weighted by atomic mass is 14.8. The van der Waals surface area contributed by atoms with Crippen LogP contribution in [0.4, 0.5) is 0 Å². The maximum Gasteiger partial charge on any atom is 0.0101 e. The monoisotopic (exact) mass is 279 g/mol. The van der Waals surface area contributed by atoms with Gasteiger partial charge in [-0.1, -0.05) is 48.5 Å². The fraction of sp³-hybridized carbons (Fsp3) is 0.400. The van der Waals surface area contributed by atoms with Crippen LogP contribution in [-0.4, -0.2) is 13.6 Å². The highest BCUT2D eigenvalue weighted by Gasteiger charge is 2.16. The first-order valence-electron chi connectivity index (χ1n) is 8.19. The van der Waals surface area contributed by atoms with Gasteiger partial charge < -0.3 is 5.32 Å². The van der Waals surface area contributed by atoms with Gasteiger partial charge in [0.1, 0.15) is 0 Å². The third kappa shape index (κ3) is 3.36. The molecule has 1 aliphatic rings. The number of fused-ring (bicyclic) bond motifs is 1. The predicted molar refractivity (Wildman–Crippen MR) is 89.9 cm³/mol. The molecule has 0 spiro atoms. The molecule has 1 atom stereocenters. The minimum absolute atomic E-state index is 0.505. The van der Waals surface area contributed by atoms with Crippen LogP contribution < -0.4 is 5.32 Å². The molecule has 0 fully saturated rings. The molecule has 110 valence electrons. The molecule has 0 radical (unpaired) electrons. The van der Waals surface area contributed by atoms with E-state index in [1.807, 2.05) is 7.05 Å². The maximum absolute atomic E-state index is 3.30. The minimum atomic E-state index is 0.505. The van der Waals surface area contributed by atoms with E-state index in [2.05, 4.69) is 53.8 Å². The standard InChI is InChI=1S/C20H25N/c1-21-14-13-20(17-8-3-2-4-9-17)19-12-11-16-7-5-6-10-18(16)15-19/h2-4,8-9,11-12,15,20-21H,5-7,10,13-14H2,1H3. The molecule has 1 heteroatoms. The molecule has 3 rings (SSSR count). The minimum Gasteiger partial charge on any atom is -0.320 e. The third-order valence-electron chi connectivity index (χ3n) is 4.66. The van der Waals surface area contributed by atoms with Crippen LogP contribution in [0, 0.1) is 0 Å². The number of hydrogen-bond acceptors (Lipinski definition) is 1. The normalized spacial score (nSPS) is 15.5. The second-order valence-corrected chi connectivity index (χ2v) is 6.09. The zero-order chi connectivity index (χ0) is 14.5. The molecular formula is C20H25N. The number of rotatable bonds is 5. The van der Waals surface area contributed by atoms with Gasteiger partial charge in [-0.05, 0) is 68.0 Å². The van der Waals surface area contributed by atoms with Crippen LogP contribution in [0.15, 0.2) is 48.5 Å². The number of benzene rings is 2. The molecule has 1 N–H and O–H groups in total. The smallest absolute Gasteiger partial charge is 0.0101 e. The zero-order valence-corrected chi connectivity index (χ0v) is 12.9. The van der Waals surface area contributed by atoms with Crippen LogP contribution in [0.5, 0.6) is 0 Å². The van der Waals surface area contributed by atoms with E-state index in [9.17, 15) is 0 Å². The Hall–Kier alpha value is -1.60. The number of aryl methyl sites for hydroxylation is 2. The molecule has 0 amide bonds. The quantitative estimate of drug-likeness (QED) is 0.860. The Labute approximate surface area is 128 Å². The largest absolute Gasteiger partial charge is 0.320 e. The van der Waals surface area contributed by atoms with Gasteiger partial charge in [0, 0.05) is 5.92 Å². The summed E-state index contributed by atoms with van der Waals surface area (Å²) in [5, 5.41) is 3.30. The lowest BCUT2D eigenvalue weighted by Crippen LogP contribution is -2.14. The number of nitrogens with one attached hydrogen (secondary N) is 1. The summed E-state index contributed by atoms with van der Waals surface area (Å²) >= 11 is 0. The van der Waals surface area contributed by atoms with Crippen molar-refractivity contribution in [3.63, 3.8) is 0 Å². The average molecular weight is 279 g/mol. The van der Waals surface area contributed by atoms with Gasteiger partial charge in [0.25, 0.3) is 0 Å². The van der Waals surface area contributed by atoms with Crippen molar-refractivity contribution in [3.8, 4) is 0 Å². The van der Waals surface area contributed by atoms with Gasteiger partial charge in [-0.25, -0.2) is 0 Å². The first-order valence-corrected chi connectivity index (χ1v) is 8.19. The van der Waals surface area contributed by atoms with Crippen LogP contribution in [0.2, 0.25) is 0 Å². The summed E-state index contributed by atoms with van der Waals surface area (Å²) in [6.45, 7) is 1.05. The van der Waals surface area contributed by atoms with E-state index in [-0.39, 0.29) is 0 Å². The van der Waals surface area contributed by atoms with E-state index >= 15 is 0 Å². The fourth-order valence-corrected chi connectivity index (χ4v) is 3.47. The summed E-state index contributed by atoms with van der Waals surface area (Å²) in [6, 6.07) is 18.1. The Kier molecular flexibility index (Phi) is 4.72. The molecule has 1 unspecified atom stereocenters. The lowest BCUT2D eigenvalue weighted by atomic mass is 9.84. The molecule has 0 aromatic heterocycles. The molecule has 0 bridgehead atoms. The molecule has 1 nitrogen and oxygen atoms in total. The Balaban J connectivity index is 1.92. The van der Waals surface area contributed by atoms with Crippen LogP contribution >= 0.6 is 0 Å². The molecule has 21 heavy (non-hydrogen) atoms. The van der Waals surface area contributed by atoms with E-state index in [1.54, 1.807) is 11.1 Å². The van der Waals surface area contributed by atoms with Gasteiger partial charge in [0.15, 0.2) is 0 Å². The second-order valence-electron chi connectivity index (χ2n) is 6.09. The van der Waals surface area contributed by atoms with E-state index < -0.39 is 0 Å². The predicted octanol–water partition coefficient (Wildman–Crippen LogP) is 4.31. The molecule has 2 aromatic rings. The van der Waals surface area contributed by atoms with Gasteiger partial charge in [-0.2, -0.15) is 0 Å². The summed E-state index contributed by atoms with van der Waals surface area (Å²) in [4.78, 5) is 0. The topological polar surface area (TPSA) is 12.0 Å². The zero-order valence-electron chi connectivity index (χ0n) is 12.9. The third-order valence-corrected chi connectivity index (χ3v) is 4.66. The van der Waals surface area contributed by atoms with Gasteiger partial charge in [-0.15, -0.1) is 0 Å². The summed E-state index contributed by atoms with van der Waals surface area (Å²) in [7, 11) is 2.04. The van der Waals surface area contributed by atoms with E-state index in [4.69, 9.17) is 0 Å². The molecular weight excluding hydrogens is 254 g/mol. The van der Waals surface area contributed by atoms with Crippen LogP contribution in [0.25, 0.3) is 0 Å². The highest BCUT2D eigenvalue weighted by Crippen LogP contribution is 2.31. The van der Waals surface area contributed by atoms with Gasteiger partial charge in [0.05, 0.1) is 0 Å². The van der Waals surface area contributed by atoms with Crippen molar-refractivity contribution in [1.82, 2.24) is 5.32 Å². The maximum atomic E-state index is 3.30. The van der Waals surface area contributed by atoms with Crippen molar-refractivity contribution >= 4 is 0 Å². The lowest BCUT2D eigenvalue weighted by molar-refractivity contribution is 0.653. The Morgan fingerprint density at radius 3 is 2.43 bits per heavy atom. The highest BCUT2D eigenvalue weighted by molar-refractivity contribution is 5.39. The first-order chi connectivity index (χ1) is 10.4. The van der Waals surface area contributed by atoms with E-state index in [0.717, 1.165) is 13.0 Å². The van der Waals surface area contributed by atoms with Crippen LogP contribution in [-0.2, 0) is 12.8 Å². The molecule has 2 aromatic carbocycles. The van der Waals surface area contributed by atoms with Crippen molar-refractivity contribution in [2.75, 3.05) is 13.6 Å². The molecule has 0 saturated heterocycles. The fourth-order valence-electron chi connectivity index (χ4n) is 3.47. The Bertz CT molecular complexity index is 574. The van der Waals surface area contributed by atoms with E-state index in [0.29, 0.717) is 5.92 Å². The molecule has 0 saturated carbocycles. The van der Waals surface area contributed by atoms with Crippen molar-refractivity contribution in [1.29, 1.82) is 0 Å². The average Bonchev–Trinajstić information content (AvgIpc) is 2.56. The Morgan fingerprint density at radius 2 is 1.67 bits per heavy atom. The first kappa shape index (κ1) is 14.3. The van der Waals surface area contributed by atoms with Crippen molar-refractivity contribution < 1.29 is 0 Å². The van der Waals surface area contributed by atoms with E-state index in [1.165, 1.54) is 36.8 Å². The molecule has 0 aliphatic heterocycles. The van der Waals surface area contributed by atoms with Gasteiger partial charge >= 0.3 is 0 Å². The molecule has 1 aliphatic carbocycles. The summed E-state index contributed by atoms with van der Waals surface area (Å²) in [5.41, 5.74) is 6.08. The summed E-state index contributed by atoms with van der Waals surface area (Å²) in [5.74, 6) is 0.505. The Morgan fingerprint density at radius 1 is 0.905 bits per heavy atom. The van der Waals surface area contributed by atoms with Crippen molar-refractivity contribution in [2.45, 2.75) is 38.0 Å². The van der Waals surface area contributed by atoms with Crippen LogP contribution in [0.1, 0.15) is 47.4 Å². The SMILES string of the molecule is CNCCC(c1ccccc1)c1ccc2c(c1)CCCC2. The molecule has 0 heterocycles. The summed E-state index contributed by atoms with van der Waals surface area (Å²) < 4.78 is 0. The number of hydrogen-bond donors (Lipinski definition) is 1. The van der Waals surface area contributed by atoms with Crippen LogP contribution in [0.3, 0.4) is 0 Å². The van der Waals surface area contributed by atoms with Crippen molar-refractivity contribution in [2.24, 2.45) is 0 Å². The van der Waals surface area contributed by atoms with Gasteiger partial charge in [-0.3, -0.25) is 0 Å². The summed E-state index contributed by atoms with van der Waals surface area (Å²) in [6.07, 6.45) is 6.38. The van der Waals surface area contributed by atoms with Crippen molar-refractivity contribution in [3.05, 3.63) is 70.8 Å².